The van der Waals surface area contributed by atoms with E-state index in [0.717, 1.165) is 17.8 Å². The Morgan fingerprint density at radius 1 is 1.00 bits per heavy atom. The number of allylic oxidation sites excluding steroid dienone is 2. The van der Waals surface area contributed by atoms with Crippen LogP contribution in [0.2, 0.25) is 0 Å². The van der Waals surface area contributed by atoms with E-state index in [2.05, 4.69) is 33.1 Å². The summed E-state index contributed by atoms with van der Waals surface area (Å²) in [5, 5.41) is 0. The zero-order valence-electron chi connectivity index (χ0n) is 16.2. The summed E-state index contributed by atoms with van der Waals surface area (Å²) >= 11 is 0. The van der Waals surface area contributed by atoms with Gasteiger partial charge in [-0.3, -0.25) is 0 Å². The molecule has 0 amide bonds. The molecule has 0 heterocycles. The minimum atomic E-state index is 0.479. The summed E-state index contributed by atoms with van der Waals surface area (Å²) in [4.78, 5) is 0. The molecule has 0 saturated heterocycles. The van der Waals surface area contributed by atoms with Gasteiger partial charge in [0.15, 0.2) is 0 Å². The van der Waals surface area contributed by atoms with Gasteiger partial charge >= 0.3 is 0 Å². The maximum atomic E-state index is 4.49. The first-order valence-corrected chi connectivity index (χ1v) is 10.8. The molecule has 0 heteroatoms. The molecule has 0 bridgehead atoms. The Morgan fingerprint density at radius 3 is 2.58 bits per heavy atom. The van der Waals surface area contributed by atoms with Crippen molar-refractivity contribution in [3.8, 4) is 0 Å². The van der Waals surface area contributed by atoms with Crippen LogP contribution < -0.4 is 0 Å². The van der Waals surface area contributed by atoms with E-state index in [0.29, 0.717) is 16.2 Å². The smallest absolute Gasteiger partial charge is 0.00879 e. The molecule has 0 N–H and O–H groups in total. The van der Waals surface area contributed by atoms with E-state index in [1.165, 1.54) is 77.0 Å². The van der Waals surface area contributed by atoms with Crippen LogP contribution in [0.1, 0.15) is 90.9 Å². The van der Waals surface area contributed by atoms with E-state index in [4.69, 9.17) is 0 Å². The fraction of sp³-hybridized carbons (Fsp3) is 0.833. The lowest BCUT2D eigenvalue weighted by molar-refractivity contribution is -0.155. The predicted octanol–water partition coefficient (Wildman–Crippen LogP) is 7.31. The Kier molecular flexibility index (Phi) is 4.05. The monoisotopic (exact) mass is 326 g/mol. The van der Waals surface area contributed by atoms with Gasteiger partial charge in [0.05, 0.1) is 0 Å². The van der Waals surface area contributed by atoms with E-state index in [1.807, 2.05) is 0 Å². The molecule has 0 nitrogen and oxygen atoms in total. The van der Waals surface area contributed by atoms with Gasteiger partial charge < -0.3 is 0 Å². The molecule has 4 aliphatic rings. The van der Waals surface area contributed by atoms with Crippen LogP contribution in [0.4, 0.5) is 0 Å². The minimum absolute atomic E-state index is 0.479. The van der Waals surface area contributed by atoms with Gasteiger partial charge in [-0.05, 0) is 98.2 Å². The van der Waals surface area contributed by atoms with Gasteiger partial charge in [-0.2, -0.15) is 0 Å². The van der Waals surface area contributed by atoms with Crippen LogP contribution in [0.25, 0.3) is 0 Å². The lowest BCUT2D eigenvalue weighted by Crippen LogP contribution is -2.57. The highest BCUT2D eigenvalue weighted by atomic mass is 14.7. The molecular weight excluding hydrogens is 288 g/mol. The molecule has 134 valence electrons. The molecule has 0 aromatic heterocycles. The average molecular weight is 327 g/mol. The van der Waals surface area contributed by atoms with E-state index in [-0.39, 0.29) is 0 Å². The summed E-state index contributed by atoms with van der Waals surface area (Å²) in [6, 6.07) is 0. The van der Waals surface area contributed by atoms with Crippen molar-refractivity contribution in [3.63, 3.8) is 0 Å². The molecule has 4 rings (SSSR count). The maximum absolute atomic E-state index is 4.49. The normalized spacial score (nSPS) is 50.8. The molecule has 6 unspecified atom stereocenters. The summed E-state index contributed by atoms with van der Waals surface area (Å²) in [5.74, 6) is 2.92. The lowest BCUT2D eigenvalue weighted by atomic mass is 9.39. The van der Waals surface area contributed by atoms with Gasteiger partial charge in [-0.25, -0.2) is 0 Å². The molecule has 4 aliphatic carbocycles. The van der Waals surface area contributed by atoms with Crippen molar-refractivity contribution in [2.24, 2.45) is 34.0 Å². The summed E-state index contributed by atoms with van der Waals surface area (Å²) in [5.41, 5.74) is 3.29. The van der Waals surface area contributed by atoms with Gasteiger partial charge in [0.1, 0.15) is 0 Å². The topological polar surface area (TPSA) is 0 Å². The zero-order chi connectivity index (χ0) is 17.0. The van der Waals surface area contributed by atoms with Crippen molar-refractivity contribution in [3.05, 3.63) is 24.8 Å². The Labute approximate surface area is 150 Å². The Bertz CT molecular complexity index is 530. The molecular formula is C24H38. The molecule has 0 radical (unpaired) electrons. The van der Waals surface area contributed by atoms with Crippen molar-refractivity contribution in [2.75, 3.05) is 0 Å². The lowest BCUT2D eigenvalue weighted by Gasteiger charge is -2.65. The first kappa shape index (κ1) is 16.9. The second-order valence-corrected chi connectivity index (χ2v) is 10.2. The summed E-state index contributed by atoms with van der Waals surface area (Å²) < 4.78 is 0. The standard InChI is InChI=1S/C24H38/c1-5-6-14-24-15-8-7-13-23(24,4)21-12-16-22(3)18(2)9-10-20(22)19(21)11-17-24/h5,19-21H,1-2,6-17H2,3-4H3. The highest BCUT2D eigenvalue weighted by molar-refractivity contribution is 5.22. The molecule has 4 fully saturated rings. The third kappa shape index (κ3) is 2.10. The summed E-state index contributed by atoms with van der Waals surface area (Å²) in [6.07, 6.45) is 19.4. The third-order valence-electron chi connectivity index (χ3n) is 9.81. The highest BCUT2D eigenvalue weighted by Gasteiger charge is 2.62. The Hall–Kier alpha value is -0.520. The molecule has 24 heavy (non-hydrogen) atoms. The van der Waals surface area contributed by atoms with E-state index >= 15 is 0 Å². The Morgan fingerprint density at radius 2 is 1.79 bits per heavy atom. The van der Waals surface area contributed by atoms with E-state index < -0.39 is 0 Å². The highest BCUT2D eigenvalue weighted by Crippen LogP contribution is 2.71. The minimum Gasteiger partial charge on any atom is -0.103 e. The molecule has 0 aliphatic heterocycles. The van der Waals surface area contributed by atoms with Crippen LogP contribution in [-0.4, -0.2) is 0 Å². The molecule has 4 saturated carbocycles. The van der Waals surface area contributed by atoms with Gasteiger partial charge in [-0.15, -0.1) is 6.58 Å². The SMILES string of the molecule is C=CCCC12CCCCC1(C)C1CCC3(C)C(=C)CCC3C1CC2. The second kappa shape index (κ2) is 5.75. The first-order valence-electron chi connectivity index (χ1n) is 10.8. The predicted molar refractivity (Wildman–Crippen MR) is 104 cm³/mol. The zero-order valence-corrected chi connectivity index (χ0v) is 16.2. The molecule has 0 spiro atoms. The van der Waals surface area contributed by atoms with Crippen LogP contribution >= 0.6 is 0 Å². The quantitative estimate of drug-likeness (QED) is 0.477. The average Bonchev–Trinajstić information content (AvgIpc) is 2.88. The first-order chi connectivity index (χ1) is 11.5. The van der Waals surface area contributed by atoms with Gasteiger partial charge in [-0.1, -0.05) is 44.9 Å². The molecule has 6 atom stereocenters. The van der Waals surface area contributed by atoms with Crippen molar-refractivity contribution >= 4 is 0 Å². The van der Waals surface area contributed by atoms with Crippen LogP contribution in [0.5, 0.6) is 0 Å². The van der Waals surface area contributed by atoms with Crippen LogP contribution in [-0.2, 0) is 0 Å². The summed E-state index contributed by atoms with van der Waals surface area (Å²) in [7, 11) is 0. The van der Waals surface area contributed by atoms with E-state index in [9.17, 15) is 0 Å². The van der Waals surface area contributed by atoms with Crippen LogP contribution in [0, 0.1) is 34.0 Å². The van der Waals surface area contributed by atoms with Crippen LogP contribution in [0.3, 0.4) is 0 Å². The van der Waals surface area contributed by atoms with Crippen molar-refractivity contribution in [2.45, 2.75) is 90.9 Å². The van der Waals surface area contributed by atoms with Crippen molar-refractivity contribution < 1.29 is 0 Å². The molecule has 0 aromatic rings. The summed E-state index contributed by atoms with van der Waals surface area (Å²) in [6.45, 7) is 13.8. The fourth-order valence-corrected chi connectivity index (χ4v) is 8.24. The van der Waals surface area contributed by atoms with Crippen LogP contribution in [0.15, 0.2) is 24.8 Å². The van der Waals surface area contributed by atoms with Crippen molar-refractivity contribution in [1.82, 2.24) is 0 Å². The van der Waals surface area contributed by atoms with Gasteiger partial charge in [0.25, 0.3) is 0 Å². The molecule has 0 aromatic carbocycles. The van der Waals surface area contributed by atoms with Crippen molar-refractivity contribution in [1.29, 1.82) is 0 Å². The largest absolute Gasteiger partial charge is 0.103 e. The van der Waals surface area contributed by atoms with Gasteiger partial charge in [0, 0.05) is 0 Å². The Balaban J connectivity index is 1.67. The number of rotatable bonds is 3. The van der Waals surface area contributed by atoms with E-state index in [1.54, 1.807) is 5.57 Å². The number of fused-ring (bicyclic) bond motifs is 5. The number of hydrogen-bond donors (Lipinski definition) is 0. The maximum Gasteiger partial charge on any atom is -0.00879 e. The fourth-order valence-electron chi connectivity index (χ4n) is 8.24. The second-order valence-electron chi connectivity index (χ2n) is 10.2. The number of hydrogen-bond acceptors (Lipinski definition) is 0. The van der Waals surface area contributed by atoms with Gasteiger partial charge in [0.2, 0.25) is 0 Å². The third-order valence-corrected chi connectivity index (χ3v) is 9.81.